The topological polar surface area (TPSA) is 12.0 Å². The molecule has 2 aliphatic rings. The van der Waals surface area contributed by atoms with E-state index in [-0.39, 0.29) is 0 Å². The van der Waals surface area contributed by atoms with Crippen LogP contribution in [-0.4, -0.2) is 12.6 Å². The predicted octanol–water partition coefficient (Wildman–Crippen LogP) is 3.43. The molecule has 1 heterocycles. The van der Waals surface area contributed by atoms with E-state index in [9.17, 15) is 0 Å². The Morgan fingerprint density at radius 3 is 3.00 bits per heavy atom. The Balaban J connectivity index is 2.14. The molecule has 1 aliphatic heterocycles. The average molecular weight is 205 g/mol. The van der Waals surface area contributed by atoms with Crippen LogP contribution in [0.3, 0.4) is 0 Å². The van der Waals surface area contributed by atoms with Crippen LogP contribution in [0.4, 0.5) is 0 Å². The van der Waals surface area contributed by atoms with Crippen LogP contribution < -0.4 is 5.32 Å². The smallest absolute Gasteiger partial charge is 0.0161 e. The molecule has 2 unspecified atom stereocenters. The van der Waals surface area contributed by atoms with Gasteiger partial charge in [0.15, 0.2) is 0 Å². The first-order valence-corrected chi connectivity index (χ1v) is 6.37. The van der Waals surface area contributed by atoms with Crippen LogP contribution in [0.2, 0.25) is 0 Å². The summed E-state index contributed by atoms with van der Waals surface area (Å²) in [5, 5.41) is 3.74. The van der Waals surface area contributed by atoms with E-state index in [1.54, 1.807) is 0 Å². The van der Waals surface area contributed by atoms with Crippen LogP contribution in [0.1, 0.15) is 44.9 Å². The summed E-state index contributed by atoms with van der Waals surface area (Å²) < 4.78 is 0. The van der Waals surface area contributed by atoms with Crippen molar-refractivity contribution in [2.75, 3.05) is 6.54 Å². The molecule has 0 aromatic carbocycles. The Hall–Kier alpha value is -0.560. The second-order valence-corrected chi connectivity index (χ2v) is 5.06. The van der Waals surface area contributed by atoms with Crippen molar-refractivity contribution in [1.29, 1.82) is 0 Å². The Morgan fingerprint density at radius 1 is 1.33 bits per heavy atom. The highest BCUT2D eigenvalue weighted by Crippen LogP contribution is 2.43. The summed E-state index contributed by atoms with van der Waals surface area (Å²) in [4.78, 5) is 0. The van der Waals surface area contributed by atoms with Crippen LogP contribution in [-0.2, 0) is 0 Å². The van der Waals surface area contributed by atoms with Crippen LogP contribution in [0.15, 0.2) is 24.8 Å². The molecule has 0 bridgehead atoms. The van der Waals surface area contributed by atoms with Crippen molar-refractivity contribution in [2.24, 2.45) is 5.41 Å². The van der Waals surface area contributed by atoms with E-state index in [4.69, 9.17) is 0 Å². The van der Waals surface area contributed by atoms with Gasteiger partial charge in [-0.3, -0.25) is 0 Å². The van der Waals surface area contributed by atoms with Crippen molar-refractivity contribution in [3.63, 3.8) is 0 Å². The fourth-order valence-corrected chi connectivity index (χ4v) is 3.22. The third-order valence-corrected chi connectivity index (χ3v) is 4.13. The van der Waals surface area contributed by atoms with Gasteiger partial charge < -0.3 is 5.32 Å². The highest BCUT2D eigenvalue weighted by molar-refractivity contribution is 5.05. The van der Waals surface area contributed by atoms with E-state index in [2.05, 4.69) is 30.1 Å². The SMILES string of the molecule is C=CCC1NCCCCC12CC=CCC2. The zero-order valence-electron chi connectivity index (χ0n) is 9.67. The summed E-state index contributed by atoms with van der Waals surface area (Å²) in [6.07, 6.45) is 16.0. The van der Waals surface area contributed by atoms with Gasteiger partial charge in [0.25, 0.3) is 0 Å². The molecular weight excluding hydrogens is 182 g/mol. The van der Waals surface area contributed by atoms with Gasteiger partial charge in [0.05, 0.1) is 0 Å². The first-order chi connectivity index (χ1) is 7.37. The molecule has 1 saturated heterocycles. The second kappa shape index (κ2) is 4.98. The van der Waals surface area contributed by atoms with Gasteiger partial charge in [0.2, 0.25) is 0 Å². The molecule has 2 atom stereocenters. The van der Waals surface area contributed by atoms with Crippen molar-refractivity contribution >= 4 is 0 Å². The predicted molar refractivity (Wildman–Crippen MR) is 65.9 cm³/mol. The lowest BCUT2D eigenvalue weighted by atomic mass is 9.68. The molecule has 1 N–H and O–H groups in total. The van der Waals surface area contributed by atoms with Gasteiger partial charge in [-0.25, -0.2) is 0 Å². The summed E-state index contributed by atoms with van der Waals surface area (Å²) in [6.45, 7) is 5.10. The maximum Gasteiger partial charge on any atom is 0.0161 e. The molecule has 84 valence electrons. The van der Waals surface area contributed by atoms with Gasteiger partial charge in [-0.2, -0.15) is 0 Å². The van der Waals surface area contributed by atoms with Gasteiger partial charge in [-0.1, -0.05) is 24.6 Å². The number of nitrogens with one attached hydrogen (secondary N) is 1. The molecule has 0 aromatic heterocycles. The molecule has 0 saturated carbocycles. The summed E-state index contributed by atoms with van der Waals surface area (Å²) in [6, 6.07) is 0.669. The summed E-state index contributed by atoms with van der Waals surface area (Å²) in [7, 11) is 0. The van der Waals surface area contributed by atoms with Crippen LogP contribution in [0.25, 0.3) is 0 Å². The Kier molecular flexibility index (Phi) is 3.63. The van der Waals surface area contributed by atoms with Crippen molar-refractivity contribution in [1.82, 2.24) is 5.32 Å². The van der Waals surface area contributed by atoms with Gasteiger partial charge in [-0.15, -0.1) is 6.58 Å². The first kappa shape index (κ1) is 10.9. The normalized spacial score (nSPS) is 36.4. The highest BCUT2D eigenvalue weighted by atomic mass is 14.9. The van der Waals surface area contributed by atoms with E-state index in [1.807, 2.05) is 0 Å². The molecule has 1 nitrogen and oxygen atoms in total. The Bertz CT molecular complexity index is 244. The van der Waals surface area contributed by atoms with E-state index >= 15 is 0 Å². The minimum atomic E-state index is 0.541. The van der Waals surface area contributed by atoms with Crippen LogP contribution in [0.5, 0.6) is 0 Å². The third kappa shape index (κ3) is 2.34. The van der Waals surface area contributed by atoms with Crippen molar-refractivity contribution < 1.29 is 0 Å². The number of rotatable bonds is 2. The van der Waals surface area contributed by atoms with Crippen LogP contribution >= 0.6 is 0 Å². The quantitative estimate of drug-likeness (QED) is 0.681. The zero-order valence-corrected chi connectivity index (χ0v) is 9.67. The molecule has 15 heavy (non-hydrogen) atoms. The number of allylic oxidation sites excluding steroid dienone is 2. The van der Waals surface area contributed by atoms with Gasteiger partial charge >= 0.3 is 0 Å². The zero-order chi connectivity index (χ0) is 10.6. The molecule has 0 aromatic rings. The van der Waals surface area contributed by atoms with Gasteiger partial charge in [-0.05, 0) is 50.5 Å². The van der Waals surface area contributed by atoms with Crippen molar-refractivity contribution in [2.45, 2.75) is 51.0 Å². The Labute approximate surface area is 93.6 Å². The lowest BCUT2D eigenvalue weighted by molar-refractivity contribution is 0.167. The second-order valence-electron chi connectivity index (χ2n) is 5.06. The van der Waals surface area contributed by atoms with Crippen LogP contribution in [0, 0.1) is 5.41 Å². The maximum absolute atomic E-state index is 3.91. The molecule has 1 aliphatic carbocycles. The van der Waals surface area contributed by atoms with E-state index < -0.39 is 0 Å². The maximum atomic E-state index is 3.91. The lowest BCUT2D eigenvalue weighted by Gasteiger charge is -2.41. The minimum Gasteiger partial charge on any atom is -0.313 e. The molecule has 1 heteroatoms. The number of hydrogen-bond donors (Lipinski definition) is 1. The van der Waals surface area contributed by atoms with Crippen molar-refractivity contribution in [3.8, 4) is 0 Å². The number of hydrogen-bond acceptors (Lipinski definition) is 1. The molecule has 0 radical (unpaired) electrons. The molecule has 1 fully saturated rings. The average Bonchev–Trinajstić information content (AvgIpc) is 2.45. The van der Waals surface area contributed by atoms with E-state index in [1.165, 1.54) is 45.1 Å². The molecule has 0 amide bonds. The van der Waals surface area contributed by atoms with E-state index in [0.29, 0.717) is 11.5 Å². The van der Waals surface area contributed by atoms with Gasteiger partial charge in [0.1, 0.15) is 0 Å². The largest absolute Gasteiger partial charge is 0.313 e. The summed E-state index contributed by atoms with van der Waals surface area (Å²) in [5.41, 5.74) is 0.541. The minimum absolute atomic E-state index is 0.541. The summed E-state index contributed by atoms with van der Waals surface area (Å²) in [5.74, 6) is 0. The monoisotopic (exact) mass is 205 g/mol. The molecular formula is C14H23N. The molecule has 1 spiro atoms. The van der Waals surface area contributed by atoms with E-state index in [0.717, 1.165) is 6.42 Å². The fraction of sp³-hybridized carbons (Fsp3) is 0.714. The van der Waals surface area contributed by atoms with Crippen molar-refractivity contribution in [3.05, 3.63) is 24.8 Å². The first-order valence-electron chi connectivity index (χ1n) is 6.37. The molecule has 2 rings (SSSR count). The van der Waals surface area contributed by atoms with Gasteiger partial charge in [0, 0.05) is 6.04 Å². The highest BCUT2D eigenvalue weighted by Gasteiger charge is 2.38. The third-order valence-electron chi connectivity index (χ3n) is 4.13. The standard InChI is InChI=1S/C14H23N/c1-2-8-13-14(9-4-3-5-10-14)11-6-7-12-15-13/h2-4,13,15H,1,5-12H2. The Morgan fingerprint density at radius 2 is 2.27 bits per heavy atom. The lowest BCUT2D eigenvalue weighted by Crippen LogP contribution is -2.44. The fourth-order valence-electron chi connectivity index (χ4n) is 3.22. The summed E-state index contributed by atoms with van der Waals surface area (Å²) >= 11 is 0.